The second-order valence-electron chi connectivity index (χ2n) is 7.06. The molecule has 0 spiro atoms. The molecule has 1 fully saturated rings. The second-order valence-corrected chi connectivity index (χ2v) is 7.06. The Labute approximate surface area is 124 Å². The molecule has 0 amide bonds. The van der Waals surface area contributed by atoms with Gasteiger partial charge < -0.3 is 10.2 Å². The Morgan fingerprint density at radius 1 is 1.20 bits per heavy atom. The fourth-order valence-electron chi connectivity index (χ4n) is 3.10. The van der Waals surface area contributed by atoms with E-state index in [1.807, 2.05) is 0 Å². The van der Waals surface area contributed by atoms with Crippen LogP contribution in [0.3, 0.4) is 0 Å². The molecule has 0 radical (unpaired) electrons. The maximum atomic E-state index is 3.79. The number of piperidine rings is 1. The third-order valence-electron chi connectivity index (χ3n) is 4.89. The van der Waals surface area contributed by atoms with Crippen LogP contribution in [-0.4, -0.2) is 37.6 Å². The third-order valence-corrected chi connectivity index (χ3v) is 4.89. The summed E-state index contributed by atoms with van der Waals surface area (Å²) in [5.74, 6) is 0.831. The van der Waals surface area contributed by atoms with E-state index < -0.39 is 0 Å². The fraction of sp³-hybridized carbons (Fsp3) is 0.667. The number of nitrogens with one attached hydrogen (secondary N) is 1. The quantitative estimate of drug-likeness (QED) is 0.886. The summed E-state index contributed by atoms with van der Waals surface area (Å²) in [6.07, 6.45) is 2.66. The van der Waals surface area contributed by atoms with Gasteiger partial charge in [0.2, 0.25) is 0 Å². The molecule has 1 unspecified atom stereocenters. The van der Waals surface area contributed by atoms with E-state index in [4.69, 9.17) is 0 Å². The molecule has 20 heavy (non-hydrogen) atoms. The highest BCUT2D eigenvalue weighted by molar-refractivity contribution is 5.23. The molecule has 2 rings (SSSR count). The summed E-state index contributed by atoms with van der Waals surface area (Å²) in [6.45, 7) is 10.6. The maximum absolute atomic E-state index is 3.79. The molecule has 0 aliphatic carbocycles. The van der Waals surface area contributed by atoms with Crippen LogP contribution in [0.25, 0.3) is 0 Å². The molecular formula is C18H30N2. The van der Waals surface area contributed by atoms with Crippen molar-refractivity contribution < 1.29 is 0 Å². The standard InChI is InChI=1S/C18H30N2/c1-15(16-10-12-20(4)13-11-16)19-14-18(2,3)17-8-6-5-7-9-17/h5-9,15-16,19H,10-14H2,1-4H3. The van der Waals surface area contributed by atoms with Gasteiger partial charge in [0.05, 0.1) is 0 Å². The smallest absolute Gasteiger partial charge is 0.00683 e. The van der Waals surface area contributed by atoms with E-state index >= 15 is 0 Å². The third kappa shape index (κ3) is 4.07. The zero-order chi connectivity index (χ0) is 14.6. The molecule has 1 saturated heterocycles. The average Bonchev–Trinajstić information content (AvgIpc) is 2.46. The molecule has 1 heterocycles. The number of hydrogen-bond donors (Lipinski definition) is 1. The van der Waals surface area contributed by atoms with Gasteiger partial charge in [-0.25, -0.2) is 0 Å². The molecule has 2 heteroatoms. The Kier molecular flexibility index (Phi) is 5.22. The van der Waals surface area contributed by atoms with Gasteiger partial charge in [-0.15, -0.1) is 0 Å². The molecule has 0 aromatic heterocycles. The molecule has 1 aromatic rings. The van der Waals surface area contributed by atoms with Crippen molar-refractivity contribution in [1.82, 2.24) is 10.2 Å². The fourth-order valence-corrected chi connectivity index (χ4v) is 3.10. The highest BCUT2D eigenvalue weighted by Crippen LogP contribution is 2.24. The highest BCUT2D eigenvalue weighted by Gasteiger charge is 2.25. The maximum Gasteiger partial charge on any atom is 0.00683 e. The Hall–Kier alpha value is -0.860. The predicted octanol–water partition coefficient (Wildman–Crippen LogP) is 3.28. The summed E-state index contributed by atoms with van der Waals surface area (Å²) in [5.41, 5.74) is 1.61. The minimum absolute atomic E-state index is 0.195. The molecular weight excluding hydrogens is 244 g/mol. The van der Waals surface area contributed by atoms with E-state index in [-0.39, 0.29) is 5.41 Å². The average molecular weight is 274 g/mol. The van der Waals surface area contributed by atoms with Crippen molar-refractivity contribution in [3.63, 3.8) is 0 Å². The van der Waals surface area contributed by atoms with Crippen LogP contribution >= 0.6 is 0 Å². The van der Waals surface area contributed by atoms with E-state index in [1.54, 1.807) is 0 Å². The van der Waals surface area contributed by atoms with Crippen molar-refractivity contribution in [2.75, 3.05) is 26.7 Å². The predicted molar refractivity (Wildman–Crippen MR) is 87.2 cm³/mol. The number of likely N-dealkylation sites (tertiary alicyclic amines) is 1. The molecule has 1 atom stereocenters. The first kappa shape index (κ1) is 15.5. The van der Waals surface area contributed by atoms with Gasteiger partial charge in [-0.2, -0.15) is 0 Å². The Morgan fingerprint density at radius 2 is 1.80 bits per heavy atom. The van der Waals surface area contributed by atoms with E-state index in [1.165, 1.54) is 31.5 Å². The first-order chi connectivity index (χ1) is 9.49. The molecule has 2 nitrogen and oxygen atoms in total. The Morgan fingerprint density at radius 3 is 2.40 bits per heavy atom. The van der Waals surface area contributed by atoms with Crippen molar-refractivity contribution in [2.24, 2.45) is 5.92 Å². The van der Waals surface area contributed by atoms with Crippen LogP contribution in [0.4, 0.5) is 0 Å². The number of rotatable bonds is 5. The summed E-state index contributed by atoms with van der Waals surface area (Å²) in [5, 5.41) is 3.79. The van der Waals surface area contributed by atoms with Crippen molar-refractivity contribution in [2.45, 2.75) is 45.1 Å². The summed E-state index contributed by atoms with van der Waals surface area (Å²) in [6, 6.07) is 11.5. The summed E-state index contributed by atoms with van der Waals surface area (Å²) in [4.78, 5) is 2.44. The van der Waals surface area contributed by atoms with Crippen LogP contribution in [0.15, 0.2) is 30.3 Å². The molecule has 1 aliphatic heterocycles. The van der Waals surface area contributed by atoms with Crippen LogP contribution in [-0.2, 0) is 5.41 Å². The van der Waals surface area contributed by atoms with Crippen molar-refractivity contribution in [3.8, 4) is 0 Å². The SMILES string of the molecule is CC(NCC(C)(C)c1ccccc1)C1CCN(C)CC1. The lowest BCUT2D eigenvalue weighted by Gasteiger charge is -2.35. The van der Waals surface area contributed by atoms with Crippen LogP contribution in [0, 0.1) is 5.92 Å². The normalized spacial score (nSPS) is 20.0. The zero-order valence-electron chi connectivity index (χ0n) is 13.5. The summed E-state index contributed by atoms with van der Waals surface area (Å²) < 4.78 is 0. The largest absolute Gasteiger partial charge is 0.313 e. The lowest BCUT2D eigenvalue weighted by Crippen LogP contribution is -2.44. The van der Waals surface area contributed by atoms with Gasteiger partial charge >= 0.3 is 0 Å². The first-order valence-corrected chi connectivity index (χ1v) is 7.96. The van der Waals surface area contributed by atoms with Gasteiger partial charge in [-0.05, 0) is 51.4 Å². The lowest BCUT2D eigenvalue weighted by atomic mass is 9.83. The van der Waals surface area contributed by atoms with Crippen LogP contribution in [0.1, 0.15) is 39.2 Å². The van der Waals surface area contributed by atoms with Crippen LogP contribution in [0.2, 0.25) is 0 Å². The molecule has 1 aromatic carbocycles. The molecule has 1 N–H and O–H groups in total. The van der Waals surface area contributed by atoms with Crippen LogP contribution < -0.4 is 5.32 Å². The minimum atomic E-state index is 0.195. The Bertz CT molecular complexity index is 391. The number of hydrogen-bond acceptors (Lipinski definition) is 2. The van der Waals surface area contributed by atoms with Gasteiger partial charge in [0.1, 0.15) is 0 Å². The van der Waals surface area contributed by atoms with Crippen molar-refractivity contribution in [3.05, 3.63) is 35.9 Å². The molecule has 0 saturated carbocycles. The summed E-state index contributed by atoms with van der Waals surface area (Å²) >= 11 is 0. The second kappa shape index (κ2) is 6.73. The van der Waals surface area contributed by atoms with E-state index in [0.717, 1.165) is 12.5 Å². The van der Waals surface area contributed by atoms with Crippen LogP contribution in [0.5, 0.6) is 0 Å². The van der Waals surface area contributed by atoms with Gasteiger partial charge in [0, 0.05) is 18.0 Å². The van der Waals surface area contributed by atoms with Crippen molar-refractivity contribution in [1.29, 1.82) is 0 Å². The van der Waals surface area contributed by atoms with E-state index in [9.17, 15) is 0 Å². The van der Waals surface area contributed by atoms with Gasteiger partial charge in [-0.1, -0.05) is 44.2 Å². The minimum Gasteiger partial charge on any atom is -0.313 e. The molecule has 1 aliphatic rings. The van der Waals surface area contributed by atoms with Gasteiger partial charge in [-0.3, -0.25) is 0 Å². The zero-order valence-corrected chi connectivity index (χ0v) is 13.5. The van der Waals surface area contributed by atoms with E-state index in [0.29, 0.717) is 6.04 Å². The first-order valence-electron chi connectivity index (χ1n) is 7.96. The van der Waals surface area contributed by atoms with E-state index in [2.05, 4.69) is 68.4 Å². The number of benzene rings is 1. The monoisotopic (exact) mass is 274 g/mol. The Balaban J connectivity index is 1.85. The van der Waals surface area contributed by atoms with Gasteiger partial charge in [0.15, 0.2) is 0 Å². The molecule has 0 bridgehead atoms. The van der Waals surface area contributed by atoms with Gasteiger partial charge in [0.25, 0.3) is 0 Å². The summed E-state index contributed by atoms with van der Waals surface area (Å²) in [7, 11) is 2.23. The topological polar surface area (TPSA) is 15.3 Å². The lowest BCUT2D eigenvalue weighted by molar-refractivity contribution is 0.187. The molecule has 112 valence electrons. The highest BCUT2D eigenvalue weighted by atomic mass is 15.1. The number of nitrogens with zero attached hydrogens (tertiary/aromatic N) is 1. The van der Waals surface area contributed by atoms with Crippen molar-refractivity contribution >= 4 is 0 Å².